The Morgan fingerprint density at radius 2 is 2.10 bits per heavy atom. The zero-order valence-corrected chi connectivity index (χ0v) is 11.4. The first-order valence-electron chi connectivity index (χ1n) is 6.63. The van der Waals surface area contributed by atoms with Gasteiger partial charge in [0.1, 0.15) is 5.82 Å². The molecule has 102 valence electrons. The molecule has 0 fully saturated rings. The Hall–Kier alpha value is -1.75. The fourth-order valence-corrected chi connectivity index (χ4v) is 3.95. The van der Waals surface area contributed by atoms with Crippen LogP contribution in [-0.4, -0.2) is 9.97 Å². The maximum atomic E-state index is 13.3. The molecule has 5 heteroatoms. The van der Waals surface area contributed by atoms with Crippen molar-refractivity contribution in [1.29, 1.82) is 0 Å². The number of nitrogens with one attached hydrogen (secondary N) is 1. The van der Waals surface area contributed by atoms with E-state index in [0.29, 0.717) is 11.0 Å². The van der Waals surface area contributed by atoms with Gasteiger partial charge >= 0.3 is 0 Å². The van der Waals surface area contributed by atoms with E-state index in [1.165, 1.54) is 16.5 Å². The molecule has 4 rings (SSSR count). The smallest absolute Gasteiger partial charge is 0.161 e. The summed E-state index contributed by atoms with van der Waals surface area (Å²) in [4.78, 5) is 9.01. The average molecular weight is 290 g/mol. The van der Waals surface area contributed by atoms with Gasteiger partial charge in [0.25, 0.3) is 0 Å². The fourth-order valence-electron chi connectivity index (χ4n) is 2.96. The maximum absolute atomic E-state index is 13.3. The minimum absolute atomic E-state index is 0.212. The molecule has 1 aliphatic rings. The van der Waals surface area contributed by atoms with Gasteiger partial charge < -0.3 is 4.98 Å². The molecule has 0 saturated heterocycles. The Labute approximate surface area is 118 Å². The number of hydrogen-bond acceptors (Lipinski definition) is 2. The van der Waals surface area contributed by atoms with Gasteiger partial charge in [-0.1, -0.05) is 0 Å². The van der Waals surface area contributed by atoms with Crippen molar-refractivity contribution in [2.75, 3.05) is 0 Å². The fraction of sp³-hybridized carbons (Fsp3) is 0.267. The van der Waals surface area contributed by atoms with Crippen LogP contribution in [0.25, 0.3) is 11.0 Å². The lowest BCUT2D eigenvalue weighted by atomic mass is 9.87. The van der Waals surface area contributed by atoms with Crippen molar-refractivity contribution in [3.63, 3.8) is 0 Å². The Kier molecular flexibility index (Phi) is 2.63. The van der Waals surface area contributed by atoms with Gasteiger partial charge in [-0.2, -0.15) is 0 Å². The standard InChI is InChI=1S/C15H12F2N2S/c16-10-6-12-13(7-11(10)17)19-15(18-12)9-2-1-3-14-8(9)4-5-20-14/h4-7,9H,1-3H2,(H,18,19). The molecule has 1 unspecified atom stereocenters. The maximum Gasteiger partial charge on any atom is 0.161 e. The highest BCUT2D eigenvalue weighted by molar-refractivity contribution is 7.10. The van der Waals surface area contributed by atoms with Gasteiger partial charge in [-0.25, -0.2) is 13.8 Å². The molecule has 2 aromatic heterocycles. The second-order valence-corrected chi connectivity index (χ2v) is 6.15. The van der Waals surface area contributed by atoms with Crippen LogP contribution >= 0.6 is 11.3 Å². The zero-order valence-electron chi connectivity index (χ0n) is 10.6. The van der Waals surface area contributed by atoms with E-state index in [9.17, 15) is 8.78 Å². The first kappa shape index (κ1) is 12.0. The van der Waals surface area contributed by atoms with Gasteiger partial charge in [-0.05, 0) is 36.3 Å². The van der Waals surface area contributed by atoms with Gasteiger partial charge in [0.05, 0.1) is 11.0 Å². The minimum atomic E-state index is -0.851. The van der Waals surface area contributed by atoms with E-state index in [1.54, 1.807) is 11.3 Å². The number of imidazole rings is 1. The third-order valence-corrected chi connectivity index (χ3v) is 4.92. The topological polar surface area (TPSA) is 28.7 Å². The van der Waals surface area contributed by atoms with E-state index in [1.807, 2.05) is 0 Å². The van der Waals surface area contributed by atoms with Crippen molar-refractivity contribution in [2.24, 2.45) is 0 Å². The molecule has 0 saturated carbocycles. The van der Waals surface area contributed by atoms with Crippen LogP contribution in [0.2, 0.25) is 0 Å². The molecule has 1 N–H and O–H groups in total. The van der Waals surface area contributed by atoms with Crippen molar-refractivity contribution >= 4 is 22.4 Å². The number of H-pyrrole nitrogens is 1. The number of rotatable bonds is 1. The quantitative estimate of drug-likeness (QED) is 0.708. The number of fused-ring (bicyclic) bond motifs is 2. The van der Waals surface area contributed by atoms with E-state index < -0.39 is 11.6 Å². The highest BCUT2D eigenvalue weighted by Crippen LogP contribution is 2.38. The van der Waals surface area contributed by atoms with Crippen LogP contribution in [0.1, 0.15) is 35.0 Å². The van der Waals surface area contributed by atoms with Crippen molar-refractivity contribution in [2.45, 2.75) is 25.2 Å². The van der Waals surface area contributed by atoms with E-state index >= 15 is 0 Å². The number of thiophene rings is 1. The molecular formula is C15H12F2N2S. The molecule has 3 aromatic rings. The van der Waals surface area contributed by atoms with Crippen LogP contribution < -0.4 is 0 Å². The van der Waals surface area contributed by atoms with Gasteiger partial charge in [0.2, 0.25) is 0 Å². The number of aromatic nitrogens is 2. The molecule has 0 aliphatic heterocycles. The molecule has 0 amide bonds. The van der Waals surface area contributed by atoms with Gasteiger partial charge in [-0.15, -0.1) is 11.3 Å². The van der Waals surface area contributed by atoms with Crippen LogP contribution in [0.4, 0.5) is 8.78 Å². The number of aromatic amines is 1. The number of halogens is 2. The number of nitrogens with zero attached hydrogens (tertiary/aromatic N) is 1. The summed E-state index contributed by atoms with van der Waals surface area (Å²) in [7, 11) is 0. The molecule has 2 nitrogen and oxygen atoms in total. The molecule has 1 aliphatic carbocycles. The molecule has 1 aromatic carbocycles. The van der Waals surface area contributed by atoms with Gasteiger partial charge in [0.15, 0.2) is 11.6 Å². The Bertz CT molecular complexity index is 751. The summed E-state index contributed by atoms with van der Waals surface area (Å²) in [6.45, 7) is 0. The molecule has 2 heterocycles. The average Bonchev–Trinajstić information content (AvgIpc) is 3.05. The third-order valence-electron chi connectivity index (χ3n) is 3.92. The zero-order chi connectivity index (χ0) is 13.7. The summed E-state index contributed by atoms with van der Waals surface area (Å²) < 4.78 is 26.5. The molecule has 0 bridgehead atoms. The van der Waals surface area contributed by atoms with Crippen molar-refractivity contribution in [3.8, 4) is 0 Å². The van der Waals surface area contributed by atoms with Crippen molar-refractivity contribution in [3.05, 3.63) is 51.5 Å². The summed E-state index contributed by atoms with van der Waals surface area (Å²) in [6, 6.07) is 4.47. The predicted octanol–water partition coefficient (Wildman–Crippen LogP) is 4.37. The highest BCUT2D eigenvalue weighted by atomic mass is 32.1. The lowest BCUT2D eigenvalue weighted by molar-refractivity contribution is 0.510. The SMILES string of the molecule is Fc1cc2nc(C3CCCc4sccc43)[nH]c2cc1F. The molecule has 0 spiro atoms. The van der Waals surface area contributed by atoms with Crippen LogP contribution in [0.3, 0.4) is 0 Å². The first-order chi connectivity index (χ1) is 9.72. The van der Waals surface area contributed by atoms with Gasteiger partial charge in [0, 0.05) is 22.9 Å². The largest absolute Gasteiger partial charge is 0.341 e. The minimum Gasteiger partial charge on any atom is -0.341 e. The van der Waals surface area contributed by atoms with Crippen LogP contribution in [0.15, 0.2) is 23.6 Å². The molecule has 20 heavy (non-hydrogen) atoms. The Morgan fingerprint density at radius 1 is 1.25 bits per heavy atom. The summed E-state index contributed by atoms with van der Waals surface area (Å²) in [6.07, 6.45) is 3.26. The van der Waals surface area contributed by atoms with E-state index in [-0.39, 0.29) is 5.92 Å². The van der Waals surface area contributed by atoms with E-state index in [0.717, 1.165) is 31.2 Å². The van der Waals surface area contributed by atoms with E-state index in [2.05, 4.69) is 21.4 Å². The monoisotopic (exact) mass is 290 g/mol. The summed E-state index contributed by atoms with van der Waals surface area (Å²) >= 11 is 1.77. The molecule has 1 atom stereocenters. The summed E-state index contributed by atoms with van der Waals surface area (Å²) in [5.41, 5.74) is 2.35. The van der Waals surface area contributed by atoms with Gasteiger partial charge in [-0.3, -0.25) is 0 Å². The van der Waals surface area contributed by atoms with Crippen LogP contribution in [-0.2, 0) is 6.42 Å². The predicted molar refractivity (Wildman–Crippen MR) is 75.1 cm³/mol. The summed E-state index contributed by atoms with van der Waals surface area (Å²) in [5.74, 6) is -0.671. The molecule has 0 radical (unpaired) electrons. The summed E-state index contributed by atoms with van der Waals surface area (Å²) in [5, 5.41) is 2.10. The number of benzene rings is 1. The second kappa shape index (κ2) is 4.38. The van der Waals surface area contributed by atoms with Crippen molar-refractivity contribution in [1.82, 2.24) is 9.97 Å². The van der Waals surface area contributed by atoms with E-state index in [4.69, 9.17) is 0 Å². The van der Waals surface area contributed by atoms with Crippen LogP contribution in [0, 0.1) is 11.6 Å². The highest BCUT2D eigenvalue weighted by Gasteiger charge is 2.25. The lowest BCUT2D eigenvalue weighted by Crippen LogP contribution is -2.09. The Balaban J connectivity index is 1.84. The van der Waals surface area contributed by atoms with Crippen molar-refractivity contribution < 1.29 is 8.78 Å². The normalized spacial score (nSPS) is 18.4. The van der Waals surface area contributed by atoms with Crippen LogP contribution in [0.5, 0.6) is 0 Å². The number of hydrogen-bond donors (Lipinski definition) is 1. The third kappa shape index (κ3) is 1.77. The molecular weight excluding hydrogens is 278 g/mol. The number of aryl methyl sites for hydroxylation is 1. The Morgan fingerprint density at radius 3 is 3.00 bits per heavy atom. The second-order valence-electron chi connectivity index (χ2n) is 5.15. The first-order valence-corrected chi connectivity index (χ1v) is 7.51. The lowest BCUT2D eigenvalue weighted by Gasteiger charge is -2.20.